The number of carbonyl (C=O) groups excluding carboxylic acids is 1. The summed E-state index contributed by atoms with van der Waals surface area (Å²) in [7, 11) is 0. The standard InChI is InChI=1S/C15H22FNO/c1-5-17(6-2)15(3,4)14(18)11-12-7-9-13(16)10-8-12/h7-10H,5-6,11H2,1-4H3. The fourth-order valence-corrected chi connectivity index (χ4v) is 2.19. The fraction of sp³-hybridized carbons (Fsp3) is 0.533. The molecule has 18 heavy (non-hydrogen) atoms. The van der Waals surface area contributed by atoms with Crippen LogP contribution in [0.3, 0.4) is 0 Å². The first-order chi connectivity index (χ1) is 8.41. The molecule has 0 aromatic heterocycles. The number of ketones is 1. The van der Waals surface area contributed by atoms with Crippen molar-refractivity contribution in [1.29, 1.82) is 0 Å². The summed E-state index contributed by atoms with van der Waals surface area (Å²) in [4.78, 5) is 14.5. The van der Waals surface area contributed by atoms with Crippen LogP contribution in [-0.2, 0) is 11.2 Å². The summed E-state index contributed by atoms with van der Waals surface area (Å²) in [5.41, 5.74) is 0.388. The Balaban J connectivity index is 2.78. The number of nitrogens with zero attached hydrogens (tertiary/aromatic N) is 1. The molecule has 0 atom stereocenters. The lowest BCUT2D eigenvalue weighted by Gasteiger charge is -2.35. The van der Waals surface area contributed by atoms with E-state index in [1.54, 1.807) is 12.1 Å². The van der Waals surface area contributed by atoms with Crippen molar-refractivity contribution >= 4 is 5.78 Å². The highest BCUT2D eigenvalue weighted by molar-refractivity contribution is 5.89. The molecule has 1 rings (SSSR count). The van der Waals surface area contributed by atoms with Crippen molar-refractivity contribution in [2.24, 2.45) is 0 Å². The lowest BCUT2D eigenvalue weighted by Crippen LogP contribution is -2.50. The molecule has 0 unspecified atom stereocenters. The summed E-state index contributed by atoms with van der Waals surface area (Å²) in [6, 6.07) is 6.14. The van der Waals surface area contributed by atoms with Crippen LogP contribution in [0, 0.1) is 5.82 Å². The first-order valence-corrected chi connectivity index (χ1v) is 6.44. The van der Waals surface area contributed by atoms with Gasteiger partial charge in [0.15, 0.2) is 5.78 Å². The van der Waals surface area contributed by atoms with E-state index in [9.17, 15) is 9.18 Å². The number of halogens is 1. The first-order valence-electron chi connectivity index (χ1n) is 6.44. The molecule has 3 heteroatoms. The van der Waals surface area contributed by atoms with Crippen LogP contribution >= 0.6 is 0 Å². The van der Waals surface area contributed by atoms with Gasteiger partial charge in [-0.05, 0) is 44.6 Å². The van der Waals surface area contributed by atoms with Crippen LogP contribution in [0.4, 0.5) is 4.39 Å². The average molecular weight is 251 g/mol. The van der Waals surface area contributed by atoms with Crippen LogP contribution in [0.1, 0.15) is 33.3 Å². The Labute approximate surface area is 109 Å². The highest BCUT2D eigenvalue weighted by Crippen LogP contribution is 2.18. The number of carbonyl (C=O) groups is 1. The molecule has 100 valence electrons. The van der Waals surface area contributed by atoms with Gasteiger partial charge in [0.2, 0.25) is 0 Å². The second-order valence-corrected chi connectivity index (χ2v) is 4.96. The van der Waals surface area contributed by atoms with Gasteiger partial charge in [-0.15, -0.1) is 0 Å². The molecule has 0 spiro atoms. The third-order valence-electron chi connectivity index (χ3n) is 3.51. The first kappa shape index (κ1) is 14.8. The summed E-state index contributed by atoms with van der Waals surface area (Å²) in [5, 5.41) is 0. The van der Waals surface area contributed by atoms with E-state index < -0.39 is 5.54 Å². The molecule has 0 N–H and O–H groups in total. The topological polar surface area (TPSA) is 20.3 Å². The quantitative estimate of drug-likeness (QED) is 0.774. The van der Waals surface area contributed by atoms with E-state index in [1.165, 1.54) is 12.1 Å². The maximum absolute atomic E-state index is 12.8. The summed E-state index contributed by atoms with van der Waals surface area (Å²) in [5.74, 6) is -0.105. The van der Waals surface area contributed by atoms with E-state index >= 15 is 0 Å². The minimum atomic E-state index is -0.474. The van der Waals surface area contributed by atoms with Crippen molar-refractivity contribution in [3.8, 4) is 0 Å². The maximum Gasteiger partial charge on any atom is 0.156 e. The summed E-state index contributed by atoms with van der Waals surface area (Å²) in [6.45, 7) is 9.70. The largest absolute Gasteiger partial charge is 0.297 e. The second kappa shape index (κ2) is 6.10. The molecular weight excluding hydrogens is 229 g/mol. The van der Waals surface area contributed by atoms with Gasteiger partial charge >= 0.3 is 0 Å². The van der Waals surface area contributed by atoms with Gasteiger partial charge in [0.1, 0.15) is 5.82 Å². The van der Waals surface area contributed by atoms with Crippen molar-refractivity contribution in [1.82, 2.24) is 4.90 Å². The maximum atomic E-state index is 12.8. The van der Waals surface area contributed by atoms with E-state index in [1.807, 2.05) is 13.8 Å². The van der Waals surface area contributed by atoms with Crippen molar-refractivity contribution in [2.75, 3.05) is 13.1 Å². The number of likely N-dealkylation sites (N-methyl/N-ethyl adjacent to an activating group) is 1. The molecule has 0 amide bonds. The molecule has 0 fully saturated rings. The third-order valence-corrected chi connectivity index (χ3v) is 3.51. The van der Waals surface area contributed by atoms with Gasteiger partial charge in [-0.2, -0.15) is 0 Å². The number of hydrogen-bond acceptors (Lipinski definition) is 2. The lowest BCUT2D eigenvalue weighted by atomic mass is 9.91. The Bertz CT molecular complexity index is 393. The molecule has 1 aromatic rings. The Kier molecular flexibility index (Phi) is 5.03. The van der Waals surface area contributed by atoms with Crippen molar-refractivity contribution in [3.05, 3.63) is 35.6 Å². The molecular formula is C15H22FNO. The molecule has 0 saturated carbocycles. The monoisotopic (exact) mass is 251 g/mol. The van der Waals surface area contributed by atoms with E-state index in [2.05, 4.69) is 18.7 Å². The van der Waals surface area contributed by atoms with Crippen LogP contribution in [0.15, 0.2) is 24.3 Å². The number of hydrogen-bond donors (Lipinski definition) is 0. The van der Waals surface area contributed by atoms with Gasteiger partial charge in [-0.25, -0.2) is 4.39 Å². The molecule has 1 aromatic carbocycles. The fourth-order valence-electron chi connectivity index (χ4n) is 2.19. The zero-order chi connectivity index (χ0) is 13.8. The normalized spacial score (nSPS) is 11.9. The predicted octanol–water partition coefficient (Wildman–Crippen LogP) is 3.06. The molecule has 0 aliphatic carbocycles. The Morgan fingerprint density at radius 3 is 2.11 bits per heavy atom. The van der Waals surface area contributed by atoms with Crippen LogP contribution in [0.5, 0.6) is 0 Å². The predicted molar refractivity (Wildman–Crippen MR) is 72.1 cm³/mol. The van der Waals surface area contributed by atoms with Gasteiger partial charge in [0.25, 0.3) is 0 Å². The number of benzene rings is 1. The highest BCUT2D eigenvalue weighted by atomic mass is 19.1. The van der Waals surface area contributed by atoms with Crippen molar-refractivity contribution in [3.63, 3.8) is 0 Å². The molecule has 0 radical (unpaired) electrons. The molecule has 0 aliphatic rings. The van der Waals surface area contributed by atoms with Crippen LogP contribution < -0.4 is 0 Å². The smallest absolute Gasteiger partial charge is 0.156 e. The Morgan fingerprint density at radius 1 is 1.17 bits per heavy atom. The van der Waals surface area contributed by atoms with E-state index in [0.717, 1.165) is 18.7 Å². The van der Waals surface area contributed by atoms with Crippen LogP contribution in [0.2, 0.25) is 0 Å². The summed E-state index contributed by atoms with van der Waals surface area (Å²) >= 11 is 0. The zero-order valence-corrected chi connectivity index (χ0v) is 11.7. The molecule has 0 bridgehead atoms. The summed E-state index contributed by atoms with van der Waals surface area (Å²) in [6.07, 6.45) is 0.351. The zero-order valence-electron chi connectivity index (χ0n) is 11.7. The summed E-state index contributed by atoms with van der Waals surface area (Å²) < 4.78 is 12.8. The molecule has 0 aliphatic heterocycles. The Morgan fingerprint density at radius 2 is 1.67 bits per heavy atom. The average Bonchev–Trinajstić information content (AvgIpc) is 2.33. The van der Waals surface area contributed by atoms with Crippen LogP contribution in [0.25, 0.3) is 0 Å². The third kappa shape index (κ3) is 3.39. The SMILES string of the molecule is CCN(CC)C(C)(C)C(=O)Cc1ccc(F)cc1. The minimum Gasteiger partial charge on any atom is -0.297 e. The minimum absolute atomic E-state index is 0.165. The van der Waals surface area contributed by atoms with Gasteiger partial charge in [-0.1, -0.05) is 26.0 Å². The van der Waals surface area contributed by atoms with Gasteiger partial charge in [0, 0.05) is 6.42 Å². The highest BCUT2D eigenvalue weighted by Gasteiger charge is 2.32. The van der Waals surface area contributed by atoms with Gasteiger partial charge < -0.3 is 0 Å². The van der Waals surface area contributed by atoms with Crippen molar-refractivity contribution in [2.45, 2.75) is 39.7 Å². The lowest BCUT2D eigenvalue weighted by molar-refractivity contribution is -0.128. The second-order valence-electron chi connectivity index (χ2n) is 4.96. The van der Waals surface area contributed by atoms with E-state index in [-0.39, 0.29) is 11.6 Å². The van der Waals surface area contributed by atoms with Gasteiger partial charge in [-0.3, -0.25) is 9.69 Å². The molecule has 0 heterocycles. The van der Waals surface area contributed by atoms with Crippen molar-refractivity contribution < 1.29 is 9.18 Å². The van der Waals surface area contributed by atoms with E-state index in [0.29, 0.717) is 6.42 Å². The number of rotatable bonds is 6. The molecule has 2 nitrogen and oxygen atoms in total. The Hall–Kier alpha value is -1.22. The van der Waals surface area contributed by atoms with Gasteiger partial charge in [0.05, 0.1) is 5.54 Å². The van der Waals surface area contributed by atoms with Crippen LogP contribution in [-0.4, -0.2) is 29.3 Å². The molecule has 0 saturated heterocycles. The number of Topliss-reactive ketones (excluding diaryl/α,β-unsaturated/α-hetero) is 1. The van der Waals surface area contributed by atoms with E-state index in [4.69, 9.17) is 0 Å².